The van der Waals surface area contributed by atoms with E-state index in [1.54, 1.807) is 35.3 Å². The molecule has 1 aliphatic rings. The predicted molar refractivity (Wildman–Crippen MR) is 121 cm³/mol. The number of amides is 1. The lowest BCUT2D eigenvalue weighted by molar-refractivity contribution is -0.121. The van der Waals surface area contributed by atoms with Crippen molar-refractivity contribution in [2.45, 2.75) is 33.2 Å². The maximum absolute atomic E-state index is 12.7. The largest absolute Gasteiger partial charge is 0.482 e. The summed E-state index contributed by atoms with van der Waals surface area (Å²) in [7, 11) is 0. The first-order chi connectivity index (χ1) is 15.1. The number of thiazole rings is 1. The van der Waals surface area contributed by atoms with Gasteiger partial charge in [-0.1, -0.05) is 19.1 Å². The van der Waals surface area contributed by atoms with E-state index in [1.165, 1.54) is 0 Å². The lowest BCUT2D eigenvalue weighted by Gasteiger charge is -2.30. The zero-order chi connectivity index (χ0) is 21.8. The van der Waals surface area contributed by atoms with E-state index in [0.29, 0.717) is 24.5 Å². The molecule has 0 spiro atoms. The van der Waals surface area contributed by atoms with Gasteiger partial charge in [-0.25, -0.2) is 9.78 Å². The average molecular weight is 437 g/mol. The molecule has 31 heavy (non-hydrogen) atoms. The number of aromatic nitrogens is 1. The third kappa shape index (κ3) is 4.61. The second-order valence-electron chi connectivity index (χ2n) is 7.24. The number of carbonyl (C=O) groups is 2. The molecular formula is C24H24N2O4S. The van der Waals surface area contributed by atoms with Crippen LogP contribution in [0.2, 0.25) is 0 Å². The minimum absolute atomic E-state index is 0.00457. The van der Waals surface area contributed by atoms with Gasteiger partial charge in [-0.2, -0.15) is 0 Å². The fourth-order valence-corrected chi connectivity index (χ4v) is 4.36. The molecule has 0 radical (unpaired) electrons. The van der Waals surface area contributed by atoms with E-state index in [1.807, 2.05) is 30.3 Å². The summed E-state index contributed by atoms with van der Waals surface area (Å²) in [6.07, 6.45) is 2.02. The van der Waals surface area contributed by atoms with Crippen molar-refractivity contribution >= 4 is 28.9 Å². The molecule has 1 aliphatic heterocycles. The van der Waals surface area contributed by atoms with Gasteiger partial charge < -0.3 is 14.4 Å². The number of carbonyl (C=O) groups excluding carboxylic acids is 2. The molecule has 2 aromatic carbocycles. The van der Waals surface area contributed by atoms with Gasteiger partial charge in [0, 0.05) is 10.9 Å². The maximum atomic E-state index is 12.7. The van der Waals surface area contributed by atoms with Gasteiger partial charge in [0.25, 0.3) is 5.91 Å². The van der Waals surface area contributed by atoms with E-state index in [4.69, 9.17) is 14.5 Å². The van der Waals surface area contributed by atoms with E-state index in [-0.39, 0.29) is 18.5 Å². The summed E-state index contributed by atoms with van der Waals surface area (Å²) < 4.78 is 10.7. The SMILES string of the molecule is CCCc1nc(-c2ccc3c(c2)N(Cc2ccc(C(=O)OCC)cc2)C(=O)CO3)cs1. The smallest absolute Gasteiger partial charge is 0.338 e. The van der Waals surface area contributed by atoms with E-state index in [0.717, 1.165) is 40.4 Å². The molecule has 1 amide bonds. The Hall–Kier alpha value is -3.19. The topological polar surface area (TPSA) is 68.7 Å². The number of esters is 1. The molecule has 0 N–H and O–H groups in total. The third-order valence-electron chi connectivity index (χ3n) is 5.02. The lowest BCUT2D eigenvalue weighted by Crippen LogP contribution is -2.38. The minimum Gasteiger partial charge on any atom is -0.482 e. The summed E-state index contributed by atoms with van der Waals surface area (Å²) in [5.41, 5.74) is 4.01. The monoisotopic (exact) mass is 436 g/mol. The first-order valence-electron chi connectivity index (χ1n) is 10.4. The number of rotatable bonds is 7. The molecule has 7 heteroatoms. The van der Waals surface area contributed by atoms with Crippen LogP contribution in [0.4, 0.5) is 5.69 Å². The molecule has 1 aromatic heterocycles. The number of ether oxygens (including phenoxy) is 2. The Morgan fingerprint density at radius 3 is 2.74 bits per heavy atom. The number of benzene rings is 2. The van der Waals surface area contributed by atoms with Crippen molar-refractivity contribution in [1.82, 2.24) is 4.98 Å². The van der Waals surface area contributed by atoms with Crippen LogP contribution in [0.15, 0.2) is 47.8 Å². The Kier molecular flexibility index (Phi) is 6.32. The Labute approximate surface area is 185 Å². The molecule has 0 fully saturated rings. The highest BCUT2D eigenvalue weighted by molar-refractivity contribution is 7.09. The Morgan fingerprint density at radius 1 is 1.19 bits per heavy atom. The molecule has 0 unspecified atom stereocenters. The zero-order valence-electron chi connectivity index (χ0n) is 17.6. The highest BCUT2D eigenvalue weighted by atomic mass is 32.1. The van der Waals surface area contributed by atoms with Gasteiger partial charge in [-0.05, 0) is 55.7 Å². The fraction of sp³-hybridized carbons (Fsp3) is 0.292. The van der Waals surface area contributed by atoms with Crippen LogP contribution in [0.25, 0.3) is 11.3 Å². The van der Waals surface area contributed by atoms with Crippen LogP contribution in [0, 0.1) is 0 Å². The van der Waals surface area contributed by atoms with Gasteiger partial charge in [0.15, 0.2) is 6.61 Å². The average Bonchev–Trinajstić information content (AvgIpc) is 3.25. The van der Waals surface area contributed by atoms with Gasteiger partial charge in [0.2, 0.25) is 0 Å². The van der Waals surface area contributed by atoms with Crippen molar-refractivity contribution in [2.24, 2.45) is 0 Å². The zero-order valence-corrected chi connectivity index (χ0v) is 18.4. The quantitative estimate of drug-likeness (QED) is 0.495. The molecule has 4 rings (SSSR count). The number of nitrogens with zero attached hydrogens (tertiary/aromatic N) is 2. The van der Waals surface area contributed by atoms with Gasteiger partial charge in [-0.3, -0.25) is 4.79 Å². The van der Waals surface area contributed by atoms with Crippen molar-refractivity contribution in [3.8, 4) is 17.0 Å². The summed E-state index contributed by atoms with van der Waals surface area (Å²) in [6, 6.07) is 13.0. The van der Waals surface area contributed by atoms with Crippen LogP contribution in [0.3, 0.4) is 0 Å². The van der Waals surface area contributed by atoms with E-state index < -0.39 is 0 Å². The predicted octanol–water partition coefficient (Wildman–Crippen LogP) is 4.86. The summed E-state index contributed by atoms with van der Waals surface area (Å²) in [5.74, 6) is 0.219. The first-order valence-corrected chi connectivity index (χ1v) is 11.2. The van der Waals surface area contributed by atoms with Crippen LogP contribution >= 0.6 is 11.3 Å². The van der Waals surface area contributed by atoms with Crippen molar-refractivity contribution in [2.75, 3.05) is 18.1 Å². The maximum Gasteiger partial charge on any atom is 0.338 e. The minimum atomic E-state index is -0.350. The van der Waals surface area contributed by atoms with Gasteiger partial charge >= 0.3 is 5.97 Å². The third-order valence-corrected chi connectivity index (χ3v) is 5.93. The Bertz CT molecular complexity index is 1090. The van der Waals surface area contributed by atoms with Crippen LogP contribution < -0.4 is 9.64 Å². The number of fused-ring (bicyclic) bond motifs is 1. The fourth-order valence-electron chi connectivity index (χ4n) is 3.45. The standard InChI is InChI=1S/C24H24N2O4S/c1-3-5-22-25-19(15-31-22)18-10-11-21-20(12-18)26(23(27)14-30-21)13-16-6-8-17(9-7-16)24(28)29-4-2/h6-12,15H,3-5,13-14H2,1-2H3. The number of hydrogen-bond donors (Lipinski definition) is 0. The number of hydrogen-bond acceptors (Lipinski definition) is 6. The second kappa shape index (κ2) is 9.31. The van der Waals surface area contributed by atoms with Crippen LogP contribution in [-0.4, -0.2) is 30.1 Å². The van der Waals surface area contributed by atoms with E-state index in [2.05, 4.69) is 12.3 Å². The molecule has 0 atom stereocenters. The molecule has 0 saturated carbocycles. The Balaban J connectivity index is 1.59. The molecule has 0 bridgehead atoms. The molecule has 0 aliphatic carbocycles. The molecular weight excluding hydrogens is 412 g/mol. The molecule has 6 nitrogen and oxygen atoms in total. The Morgan fingerprint density at radius 2 is 2.00 bits per heavy atom. The molecule has 3 aromatic rings. The van der Waals surface area contributed by atoms with Crippen LogP contribution in [0.5, 0.6) is 5.75 Å². The highest BCUT2D eigenvalue weighted by Crippen LogP contribution is 2.37. The van der Waals surface area contributed by atoms with Crippen molar-refractivity contribution in [1.29, 1.82) is 0 Å². The first kappa shape index (κ1) is 21.1. The molecule has 2 heterocycles. The summed E-state index contributed by atoms with van der Waals surface area (Å²) in [5, 5.41) is 3.16. The van der Waals surface area contributed by atoms with Crippen molar-refractivity contribution in [3.05, 3.63) is 64.0 Å². The normalized spacial score (nSPS) is 13.0. The molecule has 160 valence electrons. The second-order valence-corrected chi connectivity index (χ2v) is 8.19. The van der Waals surface area contributed by atoms with Crippen LogP contribution in [-0.2, 0) is 22.5 Å². The highest BCUT2D eigenvalue weighted by Gasteiger charge is 2.26. The van der Waals surface area contributed by atoms with Crippen molar-refractivity contribution < 1.29 is 19.1 Å². The summed E-state index contributed by atoms with van der Waals surface area (Å²) in [6.45, 7) is 4.64. The van der Waals surface area contributed by atoms with Crippen molar-refractivity contribution in [3.63, 3.8) is 0 Å². The van der Waals surface area contributed by atoms with Crippen LogP contribution in [0.1, 0.15) is 41.2 Å². The summed E-state index contributed by atoms with van der Waals surface area (Å²) in [4.78, 5) is 31.0. The summed E-state index contributed by atoms with van der Waals surface area (Å²) >= 11 is 1.66. The van der Waals surface area contributed by atoms with E-state index >= 15 is 0 Å². The lowest BCUT2D eigenvalue weighted by atomic mass is 10.1. The van der Waals surface area contributed by atoms with Gasteiger partial charge in [0.1, 0.15) is 5.75 Å². The molecule has 0 saturated heterocycles. The number of aryl methyl sites for hydroxylation is 1. The number of anilines is 1. The van der Waals surface area contributed by atoms with Gasteiger partial charge in [-0.15, -0.1) is 11.3 Å². The van der Waals surface area contributed by atoms with E-state index in [9.17, 15) is 9.59 Å². The van der Waals surface area contributed by atoms with Gasteiger partial charge in [0.05, 0.1) is 35.1 Å².